The molecule has 0 spiro atoms. The quantitative estimate of drug-likeness (QED) is 0.0933. The van der Waals surface area contributed by atoms with Crippen molar-refractivity contribution in [2.45, 2.75) is 97.2 Å². The highest BCUT2D eigenvalue weighted by Crippen LogP contribution is 2.35. The molecule has 0 aromatic heterocycles. The Morgan fingerprint density at radius 1 is 0.579 bits per heavy atom. The lowest BCUT2D eigenvalue weighted by Gasteiger charge is -2.44. The predicted molar refractivity (Wildman–Crippen MR) is 224 cm³/mol. The number of hydrogen-bond donors (Lipinski definition) is 0. The first-order valence-corrected chi connectivity index (χ1v) is 20.3. The standard InChI is InChI=1S/C40H46O5.C10H12O2/c1-3-4-17-31(2)37-39(43-28-34-22-13-7-14-23-34)40(44-29-35-24-15-8-16-25-35)38(42-27-33-20-11-6-12-21-33)36(45-37)30-41-26-32-18-9-5-10-19-32;1-8-4-2-3-5-9(8)10-11-6-7-12-10/h5-16,18-25,36,38-40H,3-4,17,26-30H2,1-2H3;2-5,10H,6-7H2,1H3/b37-31-;/t36-,38-,39+,40+;/m1./s1. The minimum absolute atomic E-state index is 0.133. The molecule has 2 saturated heterocycles. The van der Waals surface area contributed by atoms with Gasteiger partial charge < -0.3 is 33.2 Å². The molecule has 0 bridgehead atoms. The molecule has 2 fully saturated rings. The number of ether oxygens (including phenoxy) is 7. The van der Waals surface area contributed by atoms with Crippen LogP contribution in [0.15, 0.2) is 157 Å². The molecule has 2 heterocycles. The fourth-order valence-corrected chi connectivity index (χ4v) is 6.97. The van der Waals surface area contributed by atoms with Gasteiger partial charge in [-0.1, -0.05) is 159 Å². The van der Waals surface area contributed by atoms with E-state index in [0.29, 0.717) is 46.2 Å². The molecule has 4 atom stereocenters. The Morgan fingerprint density at radius 2 is 1.05 bits per heavy atom. The van der Waals surface area contributed by atoms with Gasteiger partial charge in [-0.05, 0) is 60.1 Å². The summed E-state index contributed by atoms with van der Waals surface area (Å²) in [6, 6.07) is 49.1. The van der Waals surface area contributed by atoms with E-state index < -0.39 is 18.3 Å². The lowest BCUT2D eigenvalue weighted by Crippen LogP contribution is -2.56. The van der Waals surface area contributed by atoms with Crippen LogP contribution in [-0.2, 0) is 59.6 Å². The van der Waals surface area contributed by atoms with E-state index in [1.807, 2.05) is 91.0 Å². The molecule has 300 valence electrons. The largest absolute Gasteiger partial charge is 0.487 e. The van der Waals surface area contributed by atoms with Gasteiger partial charge in [0.1, 0.15) is 24.1 Å². The second-order valence-electron chi connectivity index (χ2n) is 14.6. The van der Waals surface area contributed by atoms with Gasteiger partial charge in [-0.3, -0.25) is 0 Å². The molecule has 0 saturated carbocycles. The predicted octanol–water partition coefficient (Wildman–Crippen LogP) is 10.9. The molecule has 5 aromatic rings. The third kappa shape index (κ3) is 13.0. The van der Waals surface area contributed by atoms with Crippen LogP contribution in [0.3, 0.4) is 0 Å². The van der Waals surface area contributed by atoms with Gasteiger partial charge in [-0.15, -0.1) is 0 Å². The third-order valence-electron chi connectivity index (χ3n) is 10.2. The lowest BCUT2D eigenvalue weighted by molar-refractivity contribution is -0.224. The maximum atomic E-state index is 6.89. The van der Waals surface area contributed by atoms with Crippen LogP contribution in [-0.4, -0.2) is 44.2 Å². The van der Waals surface area contributed by atoms with Crippen LogP contribution in [0, 0.1) is 6.92 Å². The summed E-state index contributed by atoms with van der Waals surface area (Å²) < 4.78 is 44.3. The highest BCUT2D eigenvalue weighted by atomic mass is 16.7. The molecule has 2 aliphatic heterocycles. The van der Waals surface area contributed by atoms with Gasteiger partial charge in [0.25, 0.3) is 0 Å². The minimum atomic E-state index is -0.447. The molecule has 0 unspecified atom stereocenters. The highest BCUT2D eigenvalue weighted by Gasteiger charge is 2.47. The molecule has 0 aliphatic carbocycles. The van der Waals surface area contributed by atoms with Crippen LogP contribution in [0.1, 0.15) is 72.8 Å². The third-order valence-corrected chi connectivity index (χ3v) is 10.2. The Morgan fingerprint density at radius 3 is 1.58 bits per heavy atom. The molecule has 0 N–H and O–H groups in total. The van der Waals surface area contributed by atoms with Crippen molar-refractivity contribution >= 4 is 0 Å². The zero-order valence-corrected chi connectivity index (χ0v) is 33.7. The van der Waals surface area contributed by atoms with Crippen LogP contribution < -0.4 is 0 Å². The SMILES string of the molecule is CCCC/C(C)=C1\O[C@H](COCc2ccccc2)[C@@H](OCc2ccccc2)[C@H](OCc2ccccc2)[C@H]1OCc1ccccc1.Cc1ccccc1C1OCCO1. The van der Waals surface area contributed by atoms with Crippen LogP contribution in [0.5, 0.6) is 0 Å². The summed E-state index contributed by atoms with van der Waals surface area (Å²) in [7, 11) is 0. The first-order chi connectivity index (χ1) is 28.1. The van der Waals surface area contributed by atoms with Crippen molar-refractivity contribution in [2.24, 2.45) is 0 Å². The Hall–Kier alpha value is -4.60. The summed E-state index contributed by atoms with van der Waals surface area (Å²) in [5.41, 5.74) is 7.95. The molecular formula is C50H58O7. The Bertz CT molecular complexity index is 1880. The normalized spacial score (nSPS) is 20.3. The number of benzene rings is 5. The monoisotopic (exact) mass is 770 g/mol. The van der Waals surface area contributed by atoms with E-state index in [9.17, 15) is 0 Å². The number of aryl methyl sites for hydroxylation is 1. The minimum Gasteiger partial charge on any atom is -0.487 e. The Labute approximate surface area is 339 Å². The van der Waals surface area contributed by atoms with E-state index in [-0.39, 0.29) is 12.4 Å². The van der Waals surface area contributed by atoms with Crippen molar-refractivity contribution in [3.63, 3.8) is 0 Å². The molecular weight excluding hydrogens is 713 g/mol. The average Bonchev–Trinajstić information content (AvgIpc) is 3.81. The van der Waals surface area contributed by atoms with Gasteiger partial charge in [-0.25, -0.2) is 0 Å². The number of unbranched alkanes of at least 4 members (excludes halogenated alkanes) is 1. The van der Waals surface area contributed by atoms with Crippen LogP contribution >= 0.6 is 0 Å². The van der Waals surface area contributed by atoms with Crippen LogP contribution in [0.2, 0.25) is 0 Å². The number of hydrogen-bond acceptors (Lipinski definition) is 7. The van der Waals surface area contributed by atoms with E-state index in [4.69, 9.17) is 33.2 Å². The topological polar surface area (TPSA) is 64.6 Å². The van der Waals surface area contributed by atoms with Gasteiger partial charge in [0.05, 0.1) is 46.2 Å². The van der Waals surface area contributed by atoms with Crippen molar-refractivity contribution in [3.8, 4) is 0 Å². The molecule has 7 heteroatoms. The van der Waals surface area contributed by atoms with E-state index in [2.05, 4.69) is 75.4 Å². The fraction of sp³-hybridized carbons (Fsp3) is 0.360. The molecule has 0 amide bonds. The molecule has 57 heavy (non-hydrogen) atoms. The van der Waals surface area contributed by atoms with Gasteiger partial charge >= 0.3 is 0 Å². The van der Waals surface area contributed by atoms with Crippen molar-refractivity contribution in [1.29, 1.82) is 0 Å². The second kappa shape index (κ2) is 23.0. The van der Waals surface area contributed by atoms with Crippen molar-refractivity contribution in [3.05, 3.63) is 190 Å². The summed E-state index contributed by atoms with van der Waals surface area (Å²) in [4.78, 5) is 0. The summed E-state index contributed by atoms with van der Waals surface area (Å²) in [6.07, 6.45) is 1.26. The Balaban J connectivity index is 0.000000387. The maximum absolute atomic E-state index is 6.89. The zero-order valence-electron chi connectivity index (χ0n) is 33.7. The van der Waals surface area contributed by atoms with Crippen molar-refractivity contribution in [2.75, 3.05) is 19.8 Å². The van der Waals surface area contributed by atoms with Crippen LogP contribution in [0.25, 0.3) is 0 Å². The molecule has 2 aliphatic rings. The van der Waals surface area contributed by atoms with Gasteiger partial charge in [0.15, 0.2) is 12.4 Å². The molecule has 0 radical (unpaired) electrons. The first kappa shape index (κ1) is 42.0. The van der Waals surface area contributed by atoms with Gasteiger partial charge in [0.2, 0.25) is 0 Å². The number of allylic oxidation sites excluding steroid dienone is 1. The second-order valence-corrected chi connectivity index (χ2v) is 14.6. The average molecular weight is 771 g/mol. The van der Waals surface area contributed by atoms with E-state index in [0.717, 1.165) is 52.8 Å². The summed E-state index contributed by atoms with van der Waals surface area (Å²) in [6.45, 7) is 9.99. The van der Waals surface area contributed by atoms with Crippen LogP contribution in [0.4, 0.5) is 0 Å². The maximum Gasteiger partial charge on any atom is 0.184 e. The van der Waals surface area contributed by atoms with Crippen molar-refractivity contribution in [1.82, 2.24) is 0 Å². The van der Waals surface area contributed by atoms with E-state index >= 15 is 0 Å². The molecule has 7 rings (SSSR count). The summed E-state index contributed by atoms with van der Waals surface area (Å²) >= 11 is 0. The zero-order chi connectivity index (χ0) is 39.5. The van der Waals surface area contributed by atoms with Gasteiger partial charge in [-0.2, -0.15) is 0 Å². The molecule has 7 nitrogen and oxygen atoms in total. The van der Waals surface area contributed by atoms with E-state index in [1.54, 1.807) is 0 Å². The van der Waals surface area contributed by atoms with Gasteiger partial charge in [0, 0.05) is 5.56 Å². The lowest BCUT2D eigenvalue weighted by atomic mass is 9.93. The number of rotatable bonds is 17. The Kier molecular flexibility index (Phi) is 16.9. The van der Waals surface area contributed by atoms with E-state index in [1.165, 1.54) is 11.1 Å². The van der Waals surface area contributed by atoms with Crippen molar-refractivity contribution < 1.29 is 33.2 Å². The summed E-state index contributed by atoms with van der Waals surface area (Å²) in [5, 5.41) is 0. The summed E-state index contributed by atoms with van der Waals surface area (Å²) in [5.74, 6) is 0.838. The highest BCUT2D eigenvalue weighted by molar-refractivity contribution is 5.27. The smallest absolute Gasteiger partial charge is 0.184 e. The molecule has 5 aromatic carbocycles. The fourth-order valence-electron chi connectivity index (χ4n) is 6.97. The first-order valence-electron chi connectivity index (χ1n) is 20.3.